The zero-order valence-electron chi connectivity index (χ0n) is 15.7. The third-order valence-electron chi connectivity index (χ3n) is 3.98. The third kappa shape index (κ3) is 5.08. The van der Waals surface area contributed by atoms with Crippen LogP contribution in [0.15, 0.2) is 46.8 Å². The summed E-state index contributed by atoms with van der Waals surface area (Å²) < 4.78 is 5.75. The average molecular weight is 416 g/mol. The molecule has 0 radical (unpaired) electrons. The fourth-order valence-electron chi connectivity index (χ4n) is 2.65. The molecule has 0 aliphatic heterocycles. The molecule has 3 aromatic rings. The number of esters is 1. The van der Waals surface area contributed by atoms with Crippen LogP contribution < -0.4 is 5.32 Å². The molecule has 1 unspecified atom stereocenters. The lowest BCUT2D eigenvalue weighted by molar-refractivity contribution is -0.142. The summed E-state index contributed by atoms with van der Waals surface area (Å²) in [7, 11) is 0. The maximum Gasteiger partial charge on any atom is 0.319 e. The van der Waals surface area contributed by atoms with Gasteiger partial charge >= 0.3 is 5.97 Å². The maximum absolute atomic E-state index is 12.5. The Hall–Kier alpha value is -2.45. The highest BCUT2D eigenvalue weighted by Crippen LogP contribution is 2.32. The molecule has 1 N–H and O–H groups in total. The van der Waals surface area contributed by atoms with Crippen molar-refractivity contribution in [3.63, 3.8) is 0 Å². The predicted octanol–water partition coefficient (Wildman–Crippen LogP) is 4.77. The second-order valence-corrected chi connectivity index (χ2v) is 8.46. The lowest BCUT2D eigenvalue weighted by atomic mass is 10.1. The molecule has 1 aromatic heterocycles. The van der Waals surface area contributed by atoms with Crippen LogP contribution >= 0.6 is 23.1 Å². The van der Waals surface area contributed by atoms with Crippen molar-refractivity contribution in [2.75, 3.05) is 11.9 Å². The number of thioether (sulfide) groups is 1. The second-order valence-electron chi connectivity index (χ2n) is 6.04. The quantitative estimate of drug-likeness (QED) is 0.324. The van der Waals surface area contributed by atoms with Gasteiger partial charge in [-0.1, -0.05) is 66.8 Å². The van der Waals surface area contributed by atoms with E-state index in [9.17, 15) is 9.59 Å². The number of nitrogens with one attached hydrogen (secondary N) is 1. The van der Waals surface area contributed by atoms with Crippen molar-refractivity contribution in [1.82, 2.24) is 10.2 Å². The van der Waals surface area contributed by atoms with Gasteiger partial charge in [-0.25, -0.2) is 0 Å². The summed E-state index contributed by atoms with van der Waals surface area (Å²) in [6, 6.07) is 13.4. The van der Waals surface area contributed by atoms with Gasteiger partial charge in [0.25, 0.3) is 5.91 Å². The van der Waals surface area contributed by atoms with Crippen molar-refractivity contribution >= 4 is 50.9 Å². The molecule has 8 heteroatoms. The molecule has 0 saturated carbocycles. The monoisotopic (exact) mass is 415 g/mol. The second kappa shape index (κ2) is 9.66. The standard InChI is InChI=1S/C20H21N3O3S2/c1-3-7-16(18(25)26-4-2)27-20-23-22-19(28-20)21-17(24)15-11-10-13-8-5-6-9-14(13)12-15/h5-6,8-12,16H,3-4,7H2,1-2H3,(H,21,22,24). The molecular formula is C20H21N3O3S2. The number of anilines is 1. The number of rotatable bonds is 8. The fourth-order valence-corrected chi connectivity index (χ4v) is 4.75. The topological polar surface area (TPSA) is 81.2 Å². The Balaban J connectivity index is 1.67. The summed E-state index contributed by atoms with van der Waals surface area (Å²) in [6.07, 6.45) is 1.56. The number of nitrogens with zero attached hydrogens (tertiary/aromatic N) is 2. The molecule has 1 atom stereocenters. The molecule has 1 amide bonds. The van der Waals surface area contributed by atoms with E-state index in [1.54, 1.807) is 13.0 Å². The molecular weight excluding hydrogens is 394 g/mol. The van der Waals surface area contributed by atoms with E-state index in [-0.39, 0.29) is 17.1 Å². The normalized spacial score (nSPS) is 11.9. The fraction of sp³-hybridized carbons (Fsp3) is 0.300. The largest absolute Gasteiger partial charge is 0.465 e. The van der Waals surface area contributed by atoms with Crippen LogP contribution in [0.2, 0.25) is 0 Å². The number of amides is 1. The molecule has 0 bridgehead atoms. The van der Waals surface area contributed by atoms with Crippen LogP contribution in [0.5, 0.6) is 0 Å². The molecule has 0 aliphatic rings. The van der Waals surface area contributed by atoms with Crippen molar-refractivity contribution < 1.29 is 14.3 Å². The highest BCUT2D eigenvalue weighted by Gasteiger charge is 2.22. The van der Waals surface area contributed by atoms with E-state index < -0.39 is 0 Å². The van der Waals surface area contributed by atoms with Gasteiger partial charge in [-0.15, -0.1) is 10.2 Å². The van der Waals surface area contributed by atoms with Crippen molar-refractivity contribution in [2.24, 2.45) is 0 Å². The van der Waals surface area contributed by atoms with E-state index in [0.717, 1.165) is 17.2 Å². The molecule has 0 spiro atoms. The summed E-state index contributed by atoms with van der Waals surface area (Å²) >= 11 is 2.58. The van der Waals surface area contributed by atoms with E-state index in [4.69, 9.17) is 4.74 Å². The van der Waals surface area contributed by atoms with Crippen LogP contribution in [0.25, 0.3) is 10.8 Å². The van der Waals surface area contributed by atoms with Gasteiger partial charge in [-0.3, -0.25) is 14.9 Å². The first-order chi connectivity index (χ1) is 13.6. The maximum atomic E-state index is 12.5. The number of carbonyl (C=O) groups excluding carboxylic acids is 2. The molecule has 0 saturated heterocycles. The van der Waals surface area contributed by atoms with Crippen LogP contribution in [0, 0.1) is 0 Å². The first-order valence-corrected chi connectivity index (χ1v) is 10.8. The van der Waals surface area contributed by atoms with Gasteiger partial charge in [-0.2, -0.15) is 0 Å². The van der Waals surface area contributed by atoms with Gasteiger partial charge in [0.2, 0.25) is 5.13 Å². The molecule has 146 valence electrons. The van der Waals surface area contributed by atoms with Crippen molar-refractivity contribution in [3.8, 4) is 0 Å². The minimum Gasteiger partial charge on any atom is -0.465 e. The number of benzene rings is 2. The molecule has 6 nitrogen and oxygen atoms in total. The van der Waals surface area contributed by atoms with Crippen LogP contribution in [-0.2, 0) is 9.53 Å². The van der Waals surface area contributed by atoms with E-state index in [2.05, 4.69) is 15.5 Å². The third-order valence-corrected chi connectivity index (χ3v) is 6.15. The SMILES string of the molecule is CCCC(Sc1nnc(NC(=O)c2ccc3ccccc3c2)s1)C(=O)OCC. The number of carbonyl (C=O) groups is 2. The van der Waals surface area contributed by atoms with Crippen LogP contribution in [0.3, 0.4) is 0 Å². The van der Waals surface area contributed by atoms with Gasteiger partial charge in [0, 0.05) is 5.56 Å². The Labute approximate surface area is 171 Å². The van der Waals surface area contributed by atoms with Crippen LogP contribution in [0.4, 0.5) is 5.13 Å². The first kappa shape index (κ1) is 20.3. The Morgan fingerprint density at radius 2 is 1.93 bits per heavy atom. The predicted molar refractivity (Wildman–Crippen MR) is 113 cm³/mol. The smallest absolute Gasteiger partial charge is 0.319 e. The molecule has 1 heterocycles. The number of ether oxygens (including phenoxy) is 1. The van der Waals surface area contributed by atoms with Gasteiger partial charge < -0.3 is 4.74 Å². The van der Waals surface area contributed by atoms with E-state index in [1.807, 2.05) is 43.3 Å². The first-order valence-electron chi connectivity index (χ1n) is 9.07. The van der Waals surface area contributed by atoms with E-state index >= 15 is 0 Å². The molecule has 28 heavy (non-hydrogen) atoms. The van der Waals surface area contributed by atoms with Crippen LogP contribution in [0.1, 0.15) is 37.0 Å². The Morgan fingerprint density at radius 3 is 2.68 bits per heavy atom. The Bertz CT molecular complexity index is 974. The molecule has 3 rings (SSSR count). The number of aromatic nitrogens is 2. The van der Waals surface area contributed by atoms with Gasteiger partial charge in [0.1, 0.15) is 5.25 Å². The Morgan fingerprint density at radius 1 is 1.14 bits per heavy atom. The molecule has 2 aromatic carbocycles. The zero-order chi connectivity index (χ0) is 19.9. The molecule has 0 aliphatic carbocycles. The lowest BCUT2D eigenvalue weighted by Gasteiger charge is -2.11. The Kier molecular flexibility index (Phi) is 7.00. The lowest BCUT2D eigenvalue weighted by Crippen LogP contribution is -2.20. The average Bonchev–Trinajstić information content (AvgIpc) is 3.14. The van der Waals surface area contributed by atoms with Crippen LogP contribution in [-0.4, -0.2) is 33.9 Å². The highest BCUT2D eigenvalue weighted by atomic mass is 32.2. The molecule has 0 fully saturated rings. The number of fused-ring (bicyclic) bond motifs is 1. The highest BCUT2D eigenvalue weighted by molar-refractivity contribution is 8.02. The van der Waals surface area contributed by atoms with Gasteiger partial charge in [0.15, 0.2) is 4.34 Å². The zero-order valence-corrected chi connectivity index (χ0v) is 17.3. The van der Waals surface area contributed by atoms with Crippen molar-refractivity contribution in [2.45, 2.75) is 36.3 Å². The van der Waals surface area contributed by atoms with Crippen molar-refractivity contribution in [1.29, 1.82) is 0 Å². The number of hydrogen-bond donors (Lipinski definition) is 1. The summed E-state index contributed by atoms with van der Waals surface area (Å²) in [5.41, 5.74) is 0.554. The minimum atomic E-state index is -0.318. The van der Waals surface area contributed by atoms with Gasteiger partial charge in [-0.05, 0) is 36.2 Å². The van der Waals surface area contributed by atoms with Gasteiger partial charge in [0.05, 0.1) is 6.61 Å². The summed E-state index contributed by atoms with van der Waals surface area (Å²) in [4.78, 5) is 24.6. The van der Waals surface area contributed by atoms with E-state index in [0.29, 0.717) is 28.1 Å². The van der Waals surface area contributed by atoms with Crippen molar-refractivity contribution in [3.05, 3.63) is 48.0 Å². The number of hydrogen-bond acceptors (Lipinski definition) is 7. The summed E-state index contributed by atoms with van der Waals surface area (Å²) in [5.74, 6) is -0.486. The minimum absolute atomic E-state index is 0.242. The summed E-state index contributed by atoms with van der Waals surface area (Å²) in [6.45, 7) is 4.15. The summed E-state index contributed by atoms with van der Waals surface area (Å²) in [5, 5.41) is 13.1. The van der Waals surface area contributed by atoms with E-state index in [1.165, 1.54) is 23.1 Å².